The van der Waals surface area contributed by atoms with E-state index >= 15 is 0 Å². The SMILES string of the molecule is c1ccc(-c2ccc(-c3nc(-c4ccccc4)nc(-c4ccc(-c5cccc(-c6cccc(-c7nc8ccccc8c8ccc9ccccc9c78)c6)c5)cc4)n3)cc2)cc1. The lowest BCUT2D eigenvalue weighted by atomic mass is 9.93. The minimum Gasteiger partial charge on any atom is -0.247 e. The summed E-state index contributed by atoms with van der Waals surface area (Å²) in [6, 6.07) is 76.5. The van der Waals surface area contributed by atoms with Gasteiger partial charge < -0.3 is 0 Å². The van der Waals surface area contributed by atoms with Crippen LogP contribution >= 0.6 is 0 Å². The summed E-state index contributed by atoms with van der Waals surface area (Å²) in [5.74, 6) is 1.91. The average molecular weight is 765 g/mol. The fourth-order valence-corrected chi connectivity index (χ4v) is 8.26. The van der Waals surface area contributed by atoms with Crippen LogP contribution in [-0.2, 0) is 0 Å². The topological polar surface area (TPSA) is 51.6 Å². The lowest BCUT2D eigenvalue weighted by molar-refractivity contribution is 1.07. The quantitative estimate of drug-likeness (QED) is 0.152. The standard InChI is InChI=1S/C56H36N4/c1-3-13-37(14-4-1)38-25-29-42(30-26-38)55-58-54(41-16-5-2-6-17-41)59-56(60-55)43-31-27-39(28-32-43)44-18-11-19-45(35-44)46-20-12-21-47(36-46)53-52-48-22-8-7-15-40(48)33-34-50(52)49-23-9-10-24-51(49)57-53/h1-36H. The maximum Gasteiger partial charge on any atom is 0.164 e. The molecule has 0 unspecified atom stereocenters. The second-order valence-electron chi connectivity index (χ2n) is 15.0. The molecule has 0 atom stereocenters. The van der Waals surface area contributed by atoms with Gasteiger partial charge in [-0.15, -0.1) is 0 Å². The minimum atomic E-state index is 0.630. The number of pyridine rings is 1. The second kappa shape index (κ2) is 15.0. The number of para-hydroxylation sites is 1. The molecular weight excluding hydrogens is 729 g/mol. The van der Waals surface area contributed by atoms with Crippen LogP contribution in [0.15, 0.2) is 218 Å². The fraction of sp³-hybridized carbons (Fsp3) is 0. The highest BCUT2D eigenvalue weighted by atomic mass is 15.0. The van der Waals surface area contributed by atoms with E-state index in [4.69, 9.17) is 19.9 Å². The monoisotopic (exact) mass is 764 g/mol. The molecule has 280 valence electrons. The van der Waals surface area contributed by atoms with Gasteiger partial charge in [0.25, 0.3) is 0 Å². The molecule has 0 saturated heterocycles. The van der Waals surface area contributed by atoms with E-state index in [0.717, 1.165) is 61.3 Å². The zero-order valence-corrected chi connectivity index (χ0v) is 32.6. The van der Waals surface area contributed by atoms with Gasteiger partial charge in [0, 0.05) is 33.0 Å². The lowest BCUT2D eigenvalue weighted by Crippen LogP contribution is -2.00. The van der Waals surface area contributed by atoms with Crippen LogP contribution in [-0.4, -0.2) is 19.9 Å². The Bertz CT molecular complexity index is 3340. The Morgan fingerprint density at radius 3 is 1.28 bits per heavy atom. The van der Waals surface area contributed by atoms with E-state index in [2.05, 4.69) is 182 Å². The second-order valence-corrected chi connectivity index (χ2v) is 15.0. The minimum absolute atomic E-state index is 0.630. The van der Waals surface area contributed by atoms with Crippen molar-refractivity contribution in [3.8, 4) is 78.8 Å². The molecule has 9 aromatic carbocycles. The highest BCUT2D eigenvalue weighted by Crippen LogP contribution is 2.39. The largest absolute Gasteiger partial charge is 0.247 e. The van der Waals surface area contributed by atoms with E-state index in [1.54, 1.807) is 0 Å². The van der Waals surface area contributed by atoms with Crippen LogP contribution in [0.2, 0.25) is 0 Å². The van der Waals surface area contributed by atoms with Crippen molar-refractivity contribution in [2.75, 3.05) is 0 Å². The van der Waals surface area contributed by atoms with Crippen LogP contribution in [0, 0.1) is 0 Å². The van der Waals surface area contributed by atoms with Gasteiger partial charge in [-0.05, 0) is 67.7 Å². The summed E-state index contributed by atoms with van der Waals surface area (Å²) >= 11 is 0. The molecule has 2 aromatic heterocycles. The molecule has 2 heterocycles. The highest BCUT2D eigenvalue weighted by Gasteiger charge is 2.16. The van der Waals surface area contributed by atoms with Crippen LogP contribution in [0.5, 0.6) is 0 Å². The van der Waals surface area contributed by atoms with Crippen LogP contribution in [0.1, 0.15) is 0 Å². The number of hydrogen-bond acceptors (Lipinski definition) is 4. The normalized spacial score (nSPS) is 11.3. The molecule has 0 fully saturated rings. The number of aromatic nitrogens is 4. The molecule has 0 N–H and O–H groups in total. The van der Waals surface area contributed by atoms with E-state index in [-0.39, 0.29) is 0 Å². The van der Waals surface area contributed by atoms with Gasteiger partial charge in [0.15, 0.2) is 17.5 Å². The van der Waals surface area contributed by atoms with Crippen molar-refractivity contribution in [1.29, 1.82) is 0 Å². The third-order valence-corrected chi connectivity index (χ3v) is 11.3. The van der Waals surface area contributed by atoms with Gasteiger partial charge in [-0.25, -0.2) is 19.9 Å². The van der Waals surface area contributed by atoms with Gasteiger partial charge in [-0.2, -0.15) is 0 Å². The molecule has 0 aliphatic carbocycles. The number of hydrogen-bond donors (Lipinski definition) is 0. The van der Waals surface area contributed by atoms with Gasteiger partial charge in [0.05, 0.1) is 11.2 Å². The summed E-state index contributed by atoms with van der Waals surface area (Å²) in [5, 5.41) is 5.98. The van der Waals surface area contributed by atoms with Gasteiger partial charge in [-0.3, -0.25) is 0 Å². The summed E-state index contributed by atoms with van der Waals surface area (Å²) in [7, 11) is 0. The Morgan fingerprint density at radius 1 is 0.233 bits per heavy atom. The first-order valence-electron chi connectivity index (χ1n) is 20.2. The van der Waals surface area contributed by atoms with Gasteiger partial charge in [0.2, 0.25) is 0 Å². The molecule has 4 nitrogen and oxygen atoms in total. The molecule has 11 rings (SSSR count). The maximum atomic E-state index is 5.30. The molecule has 11 aromatic rings. The van der Waals surface area contributed by atoms with Crippen LogP contribution in [0.4, 0.5) is 0 Å². The van der Waals surface area contributed by atoms with E-state index < -0.39 is 0 Å². The zero-order valence-electron chi connectivity index (χ0n) is 32.6. The van der Waals surface area contributed by atoms with Crippen molar-refractivity contribution in [3.63, 3.8) is 0 Å². The van der Waals surface area contributed by atoms with E-state index in [1.165, 1.54) is 32.5 Å². The number of fused-ring (bicyclic) bond motifs is 5. The summed E-state index contributed by atoms with van der Waals surface area (Å²) in [5.41, 5.74) is 12.7. The Kier molecular flexibility index (Phi) is 8.79. The van der Waals surface area contributed by atoms with Gasteiger partial charge in [0.1, 0.15) is 0 Å². The Balaban J connectivity index is 0.937. The van der Waals surface area contributed by atoms with Crippen LogP contribution in [0.3, 0.4) is 0 Å². The van der Waals surface area contributed by atoms with Crippen molar-refractivity contribution in [3.05, 3.63) is 218 Å². The molecule has 60 heavy (non-hydrogen) atoms. The molecule has 0 radical (unpaired) electrons. The maximum absolute atomic E-state index is 5.30. The first-order valence-corrected chi connectivity index (χ1v) is 20.2. The Morgan fingerprint density at radius 2 is 0.650 bits per heavy atom. The van der Waals surface area contributed by atoms with E-state index in [0.29, 0.717) is 17.5 Å². The van der Waals surface area contributed by atoms with E-state index in [1.807, 2.05) is 36.4 Å². The predicted octanol–water partition coefficient (Wildman–Crippen LogP) is 14.4. The van der Waals surface area contributed by atoms with Crippen molar-refractivity contribution in [1.82, 2.24) is 19.9 Å². The number of benzene rings is 9. The number of rotatable bonds is 7. The summed E-state index contributed by atoms with van der Waals surface area (Å²) in [6.45, 7) is 0. The zero-order chi connectivity index (χ0) is 39.8. The molecule has 0 amide bonds. The summed E-state index contributed by atoms with van der Waals surface area (Å²) in [6.07, 6.45) is 0. The Labute approximate surface area is 348 Å². The van der Waals surface area contributed by atoms with Crippen LogP contribution < -0.4 is 0 Å². The lowest BCUT2D eigenvalue weighted by Gasteiger charge is -2.14. The molecular formula is C56H36N4. The van der Waals surface area contributed by atoms with E-state index in [9.17, 15) is 0 Å². The molecule has 0 bridgehead atoms. The first-order chi connectivity index (χ1) is 29.7. The Hall–Kier alpha value is -8.08. The average Bonchev–Trinajstić information content (AvgIpc) is 3.34. The van der Waals surface area contributed by atoms with Crippen LogP contribution in [0.25, 0.3) is 111 Å². The summed E-state index contributed by atoms with van der Waals surface area (Å²) < 4.78 is 0. The van der Waals surface area contributed by atoms with Gasteiger partial charge >= 0.3 is 0 Å². The van der Waals surface area contributed by atoms with Gasteiger partial charge in [-0.1, -0.05) is 200 Å². The molecule has 0 spiro atoms. The smallest absolute Gasteiger partial charge is 0.164 e. The fourth-order valence-electron chi connectivity index (χ4n) is 8.26. The van der Waals surface area contributed by atoms with Crippen molar-refractivity contribution >= 4 is 32.4 Å². The molecule has 0 aliphatic rings. The third-order valence-electron chi connectivity index (χ3n) is 11.3. The van der Waals surface area contributed by atoms with Crippen molar-refractivity contribution in [2.24, 2.45) is 0 Å². The highest BCUT2D eigenvalue weighted by molar-refractivity contribution is 6.21. The molecule has 0 aliphatic heterocycles. The first kappa shape index (κ1) is 35.1. The van der Waals surface area contributed by atoms with Crippen molar-refractivity contribution < 1.29 is 0 Å². The molecule has 0 saturated carbocycles. The molecule has 4 heteroatoms. The third kappa shape index (κ3) is 6.56. The van der Waals surface area contributed by atoms with Crippen molar-refractivity contribution in [2.45, 2.75) is 0 Å². The number of nitrogens with zero attached hydrogens (tertiary/aromatic N) is 4. The predicted molar refractivity (Wildman–Crippen MR) is 248 cm³/mol. The summed E-state index contributed by atoms with van der Waals surface area (Å²) in [4.78, 5) is 20.2.